The standard InChI is InChI=1S/C24H26N2O6/c1-4-5-13-25-21(17-7-6-8-19(14-17)32-15(2)3)20(23(28)24(25)29)22(27)16-9-11-18(12-10-16)26(30)31/h6-12,14-15,21,27H,4-5,13H2,1-3H3/b22-20+. The molecule has 1 saturated heterocycles. The van der Waals surface area contributed by atoms with Crippen LogP contribution < -0.4 is 4.74 Å². The van der Waals surface area contributed by atoms with Crippen LogP contribution in [0.2, 0.25) is 0 Å². The van der Waals surface area contributed by atoms with E-state index in [4.69, 9.17) is 4.74 Å². The largest absolute Gasteiger partial charge is 0.507 e. The number of carbonyl (C=O) groups is 2. The fourth-order valence-electron chi connectivity index (χ4n) is 3.71. The maximum Gasteiger partial charge on any atom is 0.295 e. The molecule has 2 aromatic rings. The lowest BCUT2D eigenvalue weighted by atomic mass is 9.95. The molecule has 1 aliphatic rings. The van der Waals surface area contributed by atoms with E-state index in [2.05, 4.69) is 0 Å². The first-order chi connectivity index (χ1) is 15.2. The molecule has 1 fully saturated rings. The fourth-order valence-corrected chi connectivity index (χ4v) is 3.71. The molecule has 8 nitrogen and oxygen atoms in total. The number of ketones is 1. The molecule has 1 heterocycles. The lowest BCUT2D eigenvalue weighted by Gasteiger charge is -2.25. The predicted molar refractivity (Wildman–Crippen MR) is 119 cm³/mol. The molecule has 32 heavy (non-hydrogen) atoms. The molecule has 1 N–H and O–H groups in total. The van der Waals surface area contributed by atoms with Gasteiger partial charge in [0.1, 0.15) is 11.5 Å². The summed E-state index contributed by atoms with van der Waals surface area (Å²) in [6.07, 6.45) is 1.47. The number of nitro benzene ring substituents is 1. The van der Waals surface area contributed by atoms with Crippen LogP contribution in [0.15, 0.2) is 54.1 Å². The summed E-state index contributed by atoms with van der Waals surface area (Å²) in [7, 11) is 0. The summed E-state index contributed by atoms with van der Waals surface area (Å²) in [5, 5.41) is 21.9. The number of nitrogens with zero attached hydrogens (tertiary/aromatic N) is 2. The SMILES string of the molecule is CCCCN1C(=O)C(=O)/C(=C(/O)c2ccc([N+](=O)[O-])cc2)C1c1cccc(OC(C)C)c1. The maximum atomic E-state index is 13.0. The van der Waals surface area contributed by atoms with E-state index in [1.165, 1.54) is 29.2 Å². The molecule has 0 bridgehead atoms. The highest BCUT2D eigenvalue weighted by molar-refractivity contribution is 6.46. The first kappa shape index (κ1) is 23.0. The van der Waals surface area contributed by atoms with Gasteiger partial charge < -0.3 is 14.7 Å². The van der Waals surface area contributed by atoms with Gasteiger partial charge in [-0.15, -0.1) is 0 Å². The molecule has 0 aliphatic carbocycles. The number of unbranched alkanes of at least 4 members (excludes halogenated alkanes) is 1. The van der Waals surface area contributed by atoms with Crippen molar-refractivity contribution in [3.63, 3.8) is 0 Å². The van der Waals surface area contributed by atoms with Gasteiger partial charge in [0.05, 0.1) is 22.6 Å². The zero-order valence-corrected chi connectivity index (χ0v) is 18.3. The number of carbonyl (C=O) groups excluding carboxylic acids is 2. The van der Waals surface area contributed by atoms with Crippen molar-refractivity contribution < 1.29 is 24.4 Å². The van der Waals surface area contributed by atoms with E-state index >= 15 is 0 Å². The highest BCUT2D eigenvalue weighted by atomic mass is 16.6. The summed E-state index contributed by atoms with van der Waals surface area (Å²) in [4.78, 5) is 37.7. The van der Waals surface area contributed by atoms with Crippen LogP contribution in [0.3, 0.4) is 0 Å². The summed E-state index contributed by atoms with van der Waals surface area (Å²) in [5.41, 5.74) is 0.687. The Morgan fingerprint density at radius 2 is 1.88 bits per heavy atom. The molecule has 8 heteroatoms. The van der Waals surface area contributed by atoms with Crippen molar-refractivity contribution in [2.45, 2.75) is 45.8 Å². The van der Waals surface area contributed by atoms with Gasteiger partial charge >= 0.3 is 0 Å². The highest BCUT2D eigenvalue weighted by Crippen LogP contribution is 2.40. The summed E-state index contributed by atoms with van der Waals surface area (Å²) in [6.45, 7) is 6.14. The van der Waals surface area contributed by atoms with E-state index < -0.39 is 22.7 Å². The molecule has 1 aliphatic heterocycles. The third kappa shape index (κ3) is 4.64. The number of hydrogen-bond donors (Lipinski definition) is 1. The lowest BCUT2D eigenvalue weighted by Crippen LogP contribution is -2.30. The maximum absolute atomic E-state index is 13.0. The van der Waals surface area contributed by atoms with Crippen LogP contribution in [0.25, 0.3) is 5.76 Å². The monoisotopic (exact) mass is 438 g/mol. The van der Waals surface area contributed by atoms with Gasteiger partial charge in [-0.25, -0.2) is 0 Å². The van der Waals surface area contributed by atoms with Crippen molar-refractivity contribution in [1.29, 1.82) is 0 Å². The Morgan fingerprint density at radius 3 is 2.47 bits per heavy atom. The van der Waals surface area contributed by atoms with Gasteiger partial charge in [-0.3, -0.25) is 19.7 Å². The molecule has 3 rings (SSSR count). The second-order valence-electron chi connectivity index (χ2n) is 7.89. The topological polar surface area (TPSA) is 110 Å². The number of ether oxygens (including phenoxy) is 1. The van der Waals surface area contributed by atoms with Gasteiger partial charge in [0.2, 0.25) is 0 Å². The van der Waals surface area contributed by atoms with E-state index in [0.717, 1.165) is 6.42 Å². The molecule has 0 aromatic heterocycles. The van der Waals surface area contributed by atoms with Crippen molar-refractivity contribution >= 4 is 23.1 Å². The number of hydrogen-bond acceptors (Lipinski definition) is 6. The minimum absolute atomic E-state index is 0.0401. The minimum atomic E-state index is -0.785. The Morgan fingerprint density at radius 1 is 1.19 bits per heavy atom. The van der Waals surface area contributed by atoms with Crippen LogP contribution in [0.4, 0.5) is 5.69 Å². The summed E-state index contributed by atoms with van der Waals surface area (Å²) in [5.74, 6) is -1.23. The van der Waals surface area contributed by atoms with E-state index in [9.17, 15) is 24.8 Å². The predicted octanol–water partition coefficient (Wildman–Crippen LogP) is 4.60. The molecule has 1 atom stereocenters. The highest BCUT2D eigenvalue weighted by Gasteiger charge is 2.45. The molecular weight excluding hydrogens is 412 g/mol. The van der Waals surface area contributed by atoms with E-state index in [-0.39, 0.29) is 28.7 Å². The molecule has 0 spiro atoms. The Bertz CT molecular complexity index is 1060. The molecule has 2 aromatic carbocycles. The smallest absolute Gasteiger partial charge is 0.295 e. The Hall–Kier alpha value is -3.68. The number of benzene rings is 2. The molecule has 0 radical (unpaired) electrons. The normalized spacial score (nSPS) is 17.8. The first-order valence-electron chi connectivity index (χ1n) is 10.5. The van der Waals surface area contributed by atoms with Crippen molar-refractivity contribution in [2.75, 3.05) is 6.54 Å². The number of Topliss-reactive ketones (excluding diaryl/α,β-unsaturated/α-hetero) is 1. The number of non-ortho nitro benzene ring substituents is 1. The van der Waals surface area contributed by atoms with Gasteiger partial charge in [-0.05, 0) is 50.1 Å². The molecule has 168 valence electrons. The van der Waals surface area contributed by atoms with Crippen molar-refractivity contribution in [3.8, 4) is 5.75 Å². The van der Waals surface area contributed by atoms with Crippen molar-refractivity contribution in [3.05, 3.63) is 75.3 Å². The van der Waals surface area contributed by atoms with Crippen LogP contribution in [0, 0.1) is 10.1 Å². The fraction of sp³-hybridized carbons (Fsp3) is 0.333. The molecular formula is C24H26N2O6. The van der Waals surface area contributed by atoms with Crippen molar-refractivity contribution in [2.24, 2.45) is 0 Å². The van der Waals surface area contributed by atoms with Crippen LogP contribution in [0.1, 0.15) is 50.8 Å². The summed E-state index contributed by atoms with van der Waals surface area (Å²) >= 11 is 0. The van der Waals surface area contributed by atoms with Crippen molar-refractivity contribution in [1.82, 2.24) is 4.90 Å². The van der Waals surface area contributed by atoms with Crippen LogP contribution >= 0.6 is 0 Å². The Kier molecular flexibility index (Phi) is 6.92. The van der Waals surface area contributed by atoms with Gasteiger partial charge in [0.25, 0.3) is 17.4 Å². The number of amides is 1. The number of aliphatic hydroxyl groups is 1. The third-order valence-corrected chi connectivity index (χ3v) is 5.19. The van der Waals surface area contributed by atoms with Gasteiger partial charge in [0.15, 0.2) is 0 Å². The number of rotatable bonds is 8. The van der Waals surface area contributed by atoms with Crippen LogP contribution in [-0.2, 0) is 9.59 Å². The number of likely N-dealkylation sites (tertiary alicyclic amines) is 1. The number of aliphatic hydroxyl groups excluding tert-OH is 1. The van der Waals surface area contributed by atoms with Gasteiger partial charge in [-0.1, -0.05) is 25.5 Å². The average molecular weight is 438 g/mol. The Labute approximate surface area is 186 Å². The first-order valence-corrected chi connectivity index (χ1v) is 10.5. The molecule has 0 saturated carbocycles. The summed E-state index contributed by atoms with van der Waals surface area (Å²) in [6, 6.07) is 11.5. The minimum Gasteiger partial charge on any atom is -0.507 e. The third-order valence-electron chi connectivity index (χ3n) is 5.19. The lowest BCUT2D eigenvalue weighted by molar-refractivity contribution is -0.384. The summed E-state index contributed by atoms with van der Waals surface area (Å²) < 4.78 is 5.77. The van der Waals surface area contributed by atoms with E-state index in [0.29, 0.717) is 24.3 Å². The van der Waals surface area contributed by atoms with E-state index in [1.807, 2.05) is 20.8 Å². The van der Waals surface area contributed by atoms with Gasteiger partial charge in [-0.2, -0.15) is 0 Å². The Balaban J connectivity index is 2.13. The quantitative estimate of drug-likeness (QED) is 0.212. The molecule has 1 amide bonds. The zero-order chi connectivity index (χ0) is 23.4. The second-order valence-corrected chi connectivity index (χ2v) is 7.89. The second kappa shape index (κ2) is 9.64. The number of nitro groups is 1. The zero-order valence-electron chi connectivity index (χ0n) is 18.3. The average Bonchev–Trinajstić information content (AvgIpc) is 3.01. The van der Waals surface area contributed by atoms with Crippen LogP contribution in [-0.4, -0.2) is 39.3 Å². The van der Waals surface area contributed by atoms with E-state index in [1.54, 1.807) is 24.3 Å². The molecule has 1 unspecified atom stereocenters. The van der Waals surface area contributed by atoms with Crippen LogP contribution in [0.5, 0.6) is 5.75 Å². The van der Waals surface area contributed by atoms with Gasteiger partial charge in [0, 0.05) is 24.2 Å².